The van der Waals surface area contributed by atoms with Crippen LogP contribution in [0, 0.1) is 0 Å². The van der Waals surface area contributed by atoms with E-state index < -0.39 is 17.9 Å². The fraction of sp³-hybridized carbons (Fsp3) is 0.0500. The normalized spacial score (nSPS) is 15.1. The molecule has 1 amide bonds. The van der Waals surface area contributed by atoms with E-state index in [1.807, 2.05) is 0 Å². The van der Waals surface area contributed by atoms with Crippen LogP contribution in [0.1, 0.15) is 22.0 Å². The van der Waals surface area contributed by atoms with Gasteiger partial charge >= 0.3 is 5.97 Å². The lowest BCUT2D eigenvalue weighted by molar-refractivity contribution is -0.132. The van der Waals surface area contributed by atoms with Gasteiger partial charge in [-0.3, -0.25) is 4.79 Å². The molecule has 0 radical (unpaired) electrons. The summed E-state index contributed by atoms with van der Waals surface area (Å²) in [5, 5.41) is 20.5. The maximum Gasteiger partial charge on any atom is 0.352 e. The molecule has 0 aliphatic carbocycles. The lowest BCUT2D eigenvalue weighted by atomic mass is 10.0. The number of aromatic nitrogens is 2. The van der Waals surface area contributed by atoms with Crippen molar-refractivity contribution in [2.24, 2.45) is 0 Å². The first-order chi connectivity index (χ1) is 13.9. The molecule has 1 aliphatic heterocycles. The Bertz CT molecular complexity index is 1120. The van der Waals surface area contributed by atoms with Gasteiger partial charge in [-0.25, -0.2) is 9.48 Å². The number of anilines is 2. The molecule has 0 saturated carbocycles. The van der Waals surface area contributed by atoms with E-state index in [2.05, 4.69) is 15.7 Å². The average Bonchev–Trinajstić information content (AvgIpc) is 3.14. The van der Waals surface area contributed by atoms with Gasteiger partial charge < -0.3 is 15.7 Å². The third kappa shape index (κ3) is 3.83. The number of nitrogens with zero attached hydrogens (tertiary/aromatic N) is 2. The lowest BCUT2D eigenvalue weighted by Gasteiger charge is -2.24. The lowest BCUT2D eigenvalue weighted by Crippen LogP contribution is -2.25. The summed E-state index contributed by atoms with van der Waals surface area (Å²) in [6.07, 6.45) is 2.93. The molecule has 146 valence electrons. The van der Waals surface area contributed by atoms with Crippen molar-refractivity contribution in [2.45, 2.75) is 6.04 Å². The topological polar surface area (TPSA) is 96.2 Å². The van der Waals surface area contributed by atoms with Crippen molar-refractivity contribution < 1.29 is 14.7 Å². The average molecular weight is 429 g/mol. The maximum atomic E-state index is 12.8. The van der Waals surface area contributed by atoms with Gasteiger partial charge in [0.2, 0.25) is 0 Å². The molecule has 1 atom stereocenters. The number of hydrogen-bond acceptors (Lipinski definition) is 4. The number of carbonyl (C=O) groups is 2. The van der Waals surface area contributed by atoms with E-state index in [4.69, 9.17) is 23.2 Å². The molecule has 0 fully saturated rings. The Balaban J connectivity index is 1.70. The summed E-state index contributed by atoms with van der Waals surface area (Å²) in [7, 11) is 0. The van der Waals surface area contributed by atoms with Gasteiger partial charge in [-0.2, -0.15) is 5.10 Å². The number of benzene rings is 2. The molecule has 1 unspecified atom stereocenters. The van der Waals surface area contributed by atoms with Crippen molar-refractivity contribution in [3.05, 3.63) is 87.7 Å². The molecule has 1 aromatic heterocycles. The van der Waals surface area contributed by atoms with Crippen LogP contribution in [-0.4, -0.2) is 26.8 Å². The SMILES string of the molecule is O=C(O)C1=CC(c2ccc(Cl)cc2)n2ncc(C(=O)Nc3ccc(Cl)cc3)c2N1. The van der Waals surface area contributed by atoms with E-state index in [9.17, 15) is 14.7 Å². The first-order valence-electron chi connectivity index (χ1n) is 8.54. The van der Waals surface area contributed by atoms with Gasteiger partial charge in [-0.1, -0.05) is 35.3 Å². The number of fused-ring (bicyclic) bond motifs is 1. The second-order valence-electron chi connectivity index (χ2n) is 6.32. The monoisotopic (exact) mass is 428 g/mol. The Morgan fingerprint density at radius 3 is 2.28 bits per heavy atom. The number of nitrogens with one attached hydrogen (secondary N) is 2. The fourth-order valence-corrected chi connectivity index (χ4v) is 3.27. The summed E-state index contributed by atoms with van der Waals surface area (Å²) in [5.74, 6) is -1.28. The largest absolute Gasteiger partial charge is 0.477 e. The van der Waals surface area contributed by atoms with Crippen molar-refractivity contribution in [3.8, 4) is 0 Å². The Morgan fingerprint density at radius 2 is 1.66 bits per heavy atom. The molecule has 7 nitrogen and oxygen atoms in total. The molecular weight excluding hydrogens is 415 g/mol. The maximum absolute atomic E-state index is 12.8. The highest BCUT2D eigenvalue weighted by molar-refractivity contribution is 6.30. The Kier molecular flexibility index (Phi) is 5.00. The summed E-state index contributed by atoms with van der Waals surface area (Å²) in [5.41, 5.74) is 1.51. The van der Waals surface area contributed by atoms with Crippen molar-refractivity contribution in [1.82, 2.24) is 9.78 Å². The van der Waals surface area contributed by atoms with Crippen molar-refractivity contribution in [3.63, 3.8) is 0 Å². The molecular formula is C20H14Cl2N4O3. The molecule has 0 bridgehead atoms. The predicted octanol–water partition coefficient (Wildman–Crippen LogP) is 4.43. The van der Waals surface area contributed by atoms with Gasteiger partial charge in [0.05, 0.1) is 12.2 Å². The van der Waals surface area contributed by atoms with E-state index >= 15 is 0 Å². The minimum absolute atomic E-state index is 0.0431. The molecule has 9 heteroatoms. The summed E-state index contributed by atoms with van der Waals surface area (Å²) >= 11 is 11.8. The number of hydrogen-bond donors (Lipinski definition) is 3. The number of carboxylic acids is 1. The minimum atomic E-state index is -1.14. The number of amides is 1. The molecule has 4 rings (SSSR count). The van der Waals surface area contributed by atoms with Crippen molar-refractivity contribution in [1.29, 1.82) is 0 Å². The fourth-order valence-electron chi connectivity index (χ4n) is 3.02. The van der Waals surface area contributed by atoms with Crippen LogP contribution in [0.15, 0.2) is 66.5 Å². The van der Waals surface area contributed by atoms with Gasteiger partial charge in [0.25, 0.3) is 5.91 Å². The second kappa shape index (κ2) is 7.62. The Labute approximate surface area is 175 Å². The molecule has 29 heavy (non-hydrogen) atoms. The van der Waals surface area contributed by atoms with Crippen LogP contribution in [0.25, 0.3) is 0 Å². The molecule has 2 heterocycles. The van der Waals surface area contributed by atoms with Gasteiger partial charge in [0.15, 0.2) is 0 Å². The van der Waals surface area contributed by atoms with E-state index in [1.54, 1.807) is 53.2 Å². The highest BCUT2D eigenvalue weighted by atomic mass is 35.5. The zero-order valence-corrected chi connectivity index (χ0v) is 16.3. The Hall–Kier alpha value is -3.29. The van der Waals surface area contributed by atoms with E-state index in [1.165, 1.54) is 12.3 Å². The predicted molar refractivity (Wildman–Crippen MR) is 111 cm³/mol. The summed E-state index contributed by atoms with van der Waals surface area (Å²) < 4.78 is 1.56. The summed E-state index contributed by atoms with van der Waals surface area (Å²) in [6.45, 7) is 0. The van der Waals surface area contributed by atoms with Crippen LogP contribution >= 0.6 is 23.2 Å². The quantitative estimate of drug-likeness (QED) is 0.571. The van der Waals surface area contributed by atoms with Crippen LogP contribution in [0.4, 0.5) is 11.5 Å². The second-order valence-corrected chi connectivity index (χ2v) is 7.19. The minimum Gasteiger partial charge on any atom is -0.477 e. The van der Waals surface area contributed by atoms with E-state index in [0.29, 0.717) is 15.7 Å². The van der Waals surface area contributed by atoms with Crippen molar-refractivity contribution in [2.75, 3.05) is 10.6 Å². The first kappa shape index (κ1) is 19.0. The number of allylic oxidation sites excluding steroid dienone is 1. The van der Waals surface area contributed by atoms with Crippen LogP contribution in [-0.2, 0) is 4.79 Å². The van der Waals surface area contributed by atoms with Crippen LogP contribution < -0.4 is 10.6 Å². The highest BCUT2D eigenvalue weighted by Gasteiger charge is 2.29. The Morgan fingerprint density at radius 1 is 1.03 bits per heavy atom. The zero-order valence-electron chi connectivity index (χ0n) is 14.8. The molecule has 1 aliphatic rings. The molecule has 0 spiro atoms. The molecule has 3 aromatic rings. The first-order valence-corrected chi connectivity index (χ1v) is 9.30. The van der Waals surface area contributed by atoms with Gasteiger partial charge in [-0.15, -0.1) is 0 Å². The number of halogens is 2. The number of aliphatic carboxylic acids is 1. The van der Waals surface area contributed by atoms with Gasteiger partial charge in [0.1, 0.15) is 17.1 Å². The molecule has 3 N–H and O–H groups in total. The highest BCUT2D eigenvalue weighted by Crippen LogP contribution is 2.33. The number of carboxylic acid groups (broad SMARTS) is 1. The molecule has 0 saturated heterocycles. The smallest absolute Gasteiger partial charge is 0.352 e. The van der Waals surface area contributed by atoms with E-state index in [-0.39, 0.29) is 17.1 Å². The summed E-state index contributed by atoms with van der Waals surface area (Å²) in [4.78, 5) is 24.4. The van der Waals surface area contributed by atoms with Crippen molar-refractivity contribution >= 4 is 46.6 Å². The van der Waals surface area contributed by atoms with Crippen LogP contribution in [0.2, 0.25) is 10.0 Å². The van der Waals surface area contributed by atoms with E-state index in [0.717, 1.165) is 5.56 Å². The van der Waals surface area contributed by atoms with Gasteiger partial charge in [-0.05, 0) is 48.0 Å². The third-order valence-corrected chi connectivity index (χ3v) is 4.93. The third-order valence-electron chi connectivity index (χ3n) is 4.43. The number of carbonyl (C=O) groups excluding carboxylic acids is 1. The zero-order chi connectivity index (χ0) is 20.5. The summed E-state index contributed by atoms with van der Waals surface area (Å²) in [6, 6.07) is 13.1. The van der Waals surface area contributed by atoms with Gasteiger partial charge in [0, 0.05) is 15.7 Å². The van der Waals surface area contributed by atoms with Crippen LogP contribution in [0.3, 0.4) is 0 Å². The van der Waals surface area contributed by atoms with Crippen LogP contribution in [0.5, 0.6) is 0 Å². The standard InChI is InChI=1S/C20H14Cl2N4O3/c21-12-3-1-11(2-4-12)17-9-16(20(28)29)25-18-15(10-23-26(17)18)19(27)24-14-7-5-13(22)6-8-14/h1-10,17,25H,(H,24,27)(H,28,29). The number of rotatable bonds is 4. The molecule has 2 aromatic carbocycles.